The fraction of sp³-hybridized carbons (Fsp3) is 0.214. The van der Waals surface area contributed by atoms with E-state index in [1.165, 1.54) is 5.39 Å². The highest BCUT2D eigenvalue weighted by Crippen LogP contribution is 2.27. The average Bonchev–Trinajstić information content (AvgIpc) is 2.80. The third kappa shape index (κ3) is 5.25. The standard InChI is InChI=1S/C28H29NO2/c1-21(2)29(25-14-16-27(17-15-25)31-26-10-4-3-5-11-26)19-18-28(30)24-13-12-22-8-6-7-9-23(22)20-24/h3-17,20-21,28,30H,18-19H2,1-2H3. The second-order valence-electron chi connectivity index (χ2n) is 8.11. The van der Waals surface area contributed by atoms with Gasteiger partial charge in [-0.3, -0.25) is 0 Å². The predicted molar refractivity (Wildman–Crippen MR) is 129 cm³/mol. The Bertz CT molecular complexity index is 1110. The van der Waals surface area contributed by atoms with Crippen molar-refractivity contribution in [1.29, 1.82) is 0 Å². The lowest BCUT2D eigenvalue weighted by molar-refractivity contribution is 0.169. The summed E-state index contributed by atoms with van der Waals surface area (Å²) in [5.41, 5.74) is 2.09. The summed E-state index contributed by atoms with van der Waals surface area (Å²) in [6, 6.07) is 32.7. The third-order valence-electron chi connectivity index (χ3n) is 5.57. The molecule has 0 heterocycles. The molecule has 158 valence electrons. The Hall–Kier alpha value is -3.30. The van der Waals surface area contributed by atoms with Gasteiger partial charge in [-0.15, -0.1) is 0 Å². The number of nitrogens with zero attached hydrogens (tertiary/aromatic N) is 1. The number of para-hydroxylation sites is 1. The van der Waals surface area contributed by atoms with E-state index < -0.39 is 6.10 Å². The van der Waals surface area contributed by atoms with Crippen LogP contribution in [0.4, 0.5) is 5.69 Å². The number of anilines is 1. The van der Waals surface area contributed by atoms with Crippen LogP contribution in [0.25, 0.3) is 10.8 Å². The molecule has 1 unspecified atom stereocenters. The van der Waals surface area contributed by atoms with Crippen molar-refractivity contribution in [2.75, 3.05) is 11.4 Å². The quantitative estimate of drug-likeness (QED) is 0.340. The predicted octanol–water partition coefficient (Wildman–Crippen LogP) is 6.97. The fourth-order valence-electron chi connectivity index (χ4n) is 3.86. The highest BCUT2D eigenvalue weighted by molar-refractivity contribution is 5.83. The molecule has 4 aromatic carbocycles. The number of hydrogen-bond acceptors (Lipinski definition) is 3. The molecule has 3 heteroatoms. The Morgan fingerprint density at radius 3 is 2.10 bits per heavy atom. The minimum Gasteiger partial charge on any atom is -0.457 e. The first-order chi connectivity index (χ1) is 15.1. The monoisotopic (exact) mass is 411 g/mol. The lowest BCUT2D eigenvalue weighted by atomic mass is 10.0. The molecule has 1 N–H and O–H groups in total. The van der Waals surface area contributed by atoms with E-state index in [1.54, 1.807) is 0 Å². The number of rotatable bonds is 8. The van der Waals surface area contributed by atoms with Crippen LogP contribution in [0, 0.1) is 0 Å². The molecule has 4 aromatic rings. The molecule has 0 fully saturated rings. The lowest BCUT2D eigenvalue weighted by Gasteiger charge is -2.30. The first-order valence-electron chi connectivity index (χ1n) is 10.9. The number of benzene rings is 4. The van der Waals surface area contributed by atoms with Gasteiger partial charge in [0, 0.05) is 18.3 Å². The minimum atomic E-state index is -0.494. The van der Waals surface area contributed by atoms with Crippen molar-refractivity contribution in [3.8, 4) is 11.5 Å². The number of aliphatic hydroxyl groups excluding tert-OH is 1. The Kier molecular flexibility index (Phi) is 6.54. The van der Waals surface area contributed by atoms with Crippen LogP contribution in [0.3, 0.4) is 0 Å². The molecule has 0 radical (unpaired) electrons. The maximum absolute atomic E-state index is 10.8. The SMILES string of the molecule is CC(C)N(CCC(O)c1ccc2ccccc2c1)c1ccc(Oc2ccccc2)cc1. The zero-order valence-corrected chi connectivity index (χ0v) is 18.1. The molecule has 0 amide bonds. The number of aliphatic hydroxyl groups is 1. The molecule has 0 bridgehead atoms. The van der Waals surface area contributed by atoms with Gasteiger partial charge in [0.15, 0.2) is 0 Å². The van der Waals surface area contributed by atoms with Gasteiger partial charge < -0.3 is 14.7 Å². The molecule has 0 aliphatic rings. The van der Waals surface area contributed by atoms with E-state index in [0.717, 1.165) is 34.7 Å². The molecular weight excluding hydrogens is 382 g/mol. The van der Waals surface area contributed by atoms with E-state index in [-0.39, 0.29) is 0 Å². The van der Waals surface area contributed by atoms with Gasteiger partial charge in [0.25, 0.3) is 0 Å². The molecule has 3 nitrogen and oxygen atoms in total. The summed E-state index contributed by atoms with van der Waals surface area (Å²) in [6.45, 7) is 5.12. The Balaban J connectivity index is 1.42. The van der Waals surface area contributed by atoms with Crippen LogP contribution in [-0.2, 0) is 0 Å². The van der Waals surface area contributed by atoms with Crippen LogP contribution in [0.1, 0.15) is 31.9 Å². The number of fused-ring (bicyclic) bond motifs is 1. The summed E-state index contributed by atoms with van der Waals surface area (Å²) in [5.74, 6) is 1.64. The molecule has 31 heavy (non-hydrogen) atoms. The Morgan fingerprint density at radius 1 is 0.742 bits per heavy atom. The summed E-state index contributed by atoms with van der Waals surface area (Å²) < 4.78 is 5.91. The first-order valence-corrected chi connectivity index (χ1v) is 10.9. The van der Waals surface area contributed by atoms with Crippen molar-refractivity contribution < 1.29 is 9.84 Å². The molecule has 4 rings (SSSR count). The Morgan fingerprint density at radius 2 is 1.39 bits per heavy atom. The highest BCUT2D eigenvalue weighted by atomic mass is 16.5. The number of hydrogen-bond donors (Lipinski definition) is 1. The zero-order chi connectivity index (χ0) is 21.6. The smallest absolute Gasteiger partial charge is 0.127 e. The van der Waals surface area contributed by atoms with Gasteiger partial charge in [-0.05, 0) is 79.1 Å². The number of ether oxygens (including phenoxy) is 1. The second-order valence-corrected chi connectivity index (χ2v) is 8.11. The zero-order valence-electron chi connectivity index (χ0n) is 18.1. The molecule has 0 aliphatic carbocycles. The van der Waals surface area contributed by atoms with Gasteiger partial charge in [-0.25, -0.2) is 0 Å². The summed E-state index contributed by atoms with van der Waals surface area (Å²) >= 11 is 0. The van der Waals surface area contributed by atoms with E-state index in [4.69, 9.17) is 4.74 Å². The summed E-state index contributed by atoms with van der Waals surface area (Å²) in [5, 5.41) is 13.2. The average molecular weight is 412 g/mol. The molecule has 0 aliphatic heterocycles. The van der Waals surface area contributed by atoms with Crippen LogP contribution in [0.15, 0.2) is 97.1 Å². The van der Waals surface area contributed by atoms with Gasteiger partial charge in [0.05, 0.1) is 6.10 Å². The van der Waals surface area contributed by atoms with Crippen LogP contribution in [0.2, 0.25) is 0 Å². The largest absolute Gasteiger partial charge is 0.457 e. The van der Waals surface area contributed by atoms with Crippen molar-refractivity contribution >= 4 is 16.5 Å². The molecule has 0 aromatic heterocycles. The molecule has 0 saturated carbocycles. The van der Waals surface area contributed by atoms with Gasteiger partial charge in [-0.1, -0.05) is 54.6 Å². The van der Waals surface area contributed by atoms with Crippen molar-refractivity contribution in [3.63, 3.8) is 0 Å². The summed E-state index contributed by atoms with van der Waals surface area (Å²) in [4.78, 5) is 2.32. The van der Waals surface area contributed by atoms with Crippen LogP contribution < -0.4 is 9.64 Å². The summed E-state index contributed by atoms with van der Waals surface area (Å²) in [7, 11) is 0. The van der Waals surface area contributed by atoms with Crippen molar-refractivity contribution in [2.24, 2.45) is 0 Å². The van der Waals surface area contributed by atoms with E-state index in [2.05, 4.69) is 55.1 Å². The maximum atomic E-state index is 10.8. The van der Waals surface area contributed by atoms with Gasteiger partial charge >= 0.3 is 0 Å². The van der Waals surface area contributed by atoms with E-state index in [1.807, 2.05) is 60.7 Å². The Labute approximate surface area is 184 Å². The highest BCUT2D eigenvalue weighted by Gasteiger charge is 2.15. The lowest BCUT2D eigenvalue weighted by Crippen LogP contribution is -2.32. The van der Waals surface area contributed by atoms with Gasteiger partial charge in [0.2, 0.25) is 0 Å². The normalized spacial score (nSPS) is 12.1. The van der Waals surface area contributed by atoms with Crippen LogP contribution in [0.5, 0.6) is 11.5 Å². The molecule has 0 spiro atoms. The second kappa shape index (κ2) is 9.67. The van der Waals surface area contributed by atoms with Gasteiger partial charge in [-0.2, -0.15) is 0 Å². The van der Waals surface area contributed by atoms with E-state index in [0.29, 0.717) is 12.5 Å². The van der Waals surface area contributed by atoms with Gasteiger partial charge in [0.1, 0.15) is 11.5 Å². The third-order valence-corrected chi connectivity index (χ3v) is 5.57. The van der Waals surface area contributed by atoms with Crippen LogP contribution in [-0.4, -0.2) is 17.7 Å². The maximum Gasteiger partial charge on any atom is 0.127 e. The van der Waals surface area contributed by atoms with Crippen molar-refractivity contribution in [2.45, 2.75) is 32.4 Å². The topological polar surface area (TPSA) is 32.7 Å². The first kappa shape index (κ1) is 21.0. The molecule has 1 atom stereocenters. The van der Waals surface area contributed by atoms with E-state index in [9.17, 15) is 5.11 Å². The molecule has 0 saturated heterocycles. The minimum absolute atomic E-state index is 0.324. The van der Waals surface area contributed by atoms with Crippen LogP contribution >= 0.6 is 0 Å². The van der Waals surface area contributed by atoms with Crippen molar-refractivity contribution in [1.82, 2.24) is 0 Å². The summed E-state index contributed by atoms with van der Waals surface area (Å²) in [6.07, 6.45) is 0.172. The molecular formula is C28H29NO2. The van der Waals surface area contributed by atoms with E-state index >= 15 is 0 Å². The fourth-order valence-corrected chi connectivity index (χ4v) is 3.86. The van der Waals surface area contributed by atoms with Crippen molar-refractivity contribution in [3.05, 3.63) is 103 Å².